The van der Waals surface area contributed by atoms with Crippen molar-refractivity contribution in [3.63, 3.8) is 0 Å². The number of rotatable bonds is 4. The Labute approximate surface area is 163 Å². The number of guanidine groups is 1. The van der Waals surface area contributed by atoms with Crippen molar-refractivity contribution >= 4 is 23.2 Å². The van der Waals surface area contributed by atoms with Gasteiger partial charge in [0.1, 0.15) is 12.5 Å². The van der Waals surface area contributed by atoms with Gasteiger partial charge in [0, 0.05) is 41.5 Å². The Morgan fingerprint density at radius 1 is 1.25 bits per heavy atom. The summed E-state index contributed by atoms with van der Waals surface area (Å²) in [4.78, 5) is 27.0. The molecule has 0 radical (unpaired) electrons. The fourth-order valence-corrected chi connectivity index (χ4v) is 3.79. The van der Waals surface area contributed by atoms with Crippen LogP contribution in [0.3, 0.4) is 0 Å². The van der Waals surface area contributed by atoms with Gasteiger partial charge in [-0.25, -0.2) is 18.8 Å². The number of nitrogens with zero attached hydrogens (tertiary/aromatic N) is 4. The van der Waals surface area contributed by atoms with Crippen molar-refractivity contribution in [3.05, 3.63) is 70.1 Å². The van der Waals surface area contributed by atoms with Crippen LogP contribution in [0.5, 0.6) is 0 Å². The first-order valence-corrected chi connectivity index (χ1v) is 9.24. The van der Waals surface area contributed by atoms with Gasteiger partial charge in [0.25, 0.3) is 5.91 Å². The number of alkyl halides is 1. The van der Waals surface area contributed by atoms with Crippen molar-refractivity contribution in [2.45, 2.75) is 12.2 Å². The molecule has 1 unspecified atom stereocenters. The second kappa shape index (κ2) is 6.75. The molecule has 0 bridgehead atoms. The molecule has 28 heavy (non-hydrogen) atoms. The van der Waals surface area contributed by atoms with E-state index in [2.05, 4.69) is 15.0 Å². The number of nitrogens with two attached hydrogens (primary N) is 1. The standard InChI is InChI=1S/C19H15F2N5OS/c1-26-17(27)19(25-18(26)22,13-4-11(6-20)7-23-8-13)12-2-3-15(21)14(5-12)16-9-28-10-24-16/h2-5,7-10H,6H2,1H3,(H2,22,25). The molecule has 2 aromatic heterocycles. The molecule has 142 valence electrons. The topological polar surface area (TPSA) is 84.5 Å². The van der Waals surface area contributed by atoms with Crippen LogP contribution in [-0.2, 0) is 17.0 Å². The highest BCUT2D eigenvalue weighted by molar-refractivity contribution is 7.07. The third-order valence-electron chi connectivity index (χ3n) is 4.70. The first-order chi connectivity index (χ1) is 13.5. The van der Waals surface area contributed by atoms with Gasteiger partial charge in [-0.1, -0.05) is 6.07 Å². The lowest BCUT2D eigenvalue weighted by Gasteiger charge is -2.26. The molecule has 3 heterocycles. The number of carbonyl (C=O) groups excluding carboxylic acids is 1. The van der Waals surface area contributed by atoms with Crippen molar-refractivity contribution in [3.8, 4) is 11.3 Å². The summed E-state index contributed by atoms with van der Waals surface area (Å²) in [5.74, 6) is -0.898. The van der Waals surface area contributed by atoms with Gasteiger partial charge < -0.3 is 5.73 Å². The minimum Gasteiger partial charge on any atom is -0.369 e. The Balaban J connectivity index is 1.98. The summed E-state index contributed by atoms with van der Waals surface area (Å²) in [5.41, 5.74) is 7.69. The van der Waals surface area contributed by atoms with Crippen LogP contribution in [0.1, 0.15) is 16.7 Å². The maximum atomic E-state index is 14.5. The van der Waals surface area contributed by atoms with Gasteiger partial charge >= 0.3 is 0 Å². The number of thiazole rings is 1. The minimum atomic E-state index is -1.57. The van der Waals surface area contributed by atoms with Gasteiger partial charge in [-0.2, -0.15) is 0 Å². The Morgan fingerprint density at radius 3 is 2.71 bits per heavy atom. The van der Waals surface area contributed by atoms with Crippen LogP contribution in [0.4, 0.5) is 8.78 Å². The summed E-state index contributed by atoms with van der Waals surface area (Å²) in [5, 5.41) is 1.71. The number of halogens is 2. The highest BCUT2D eigenvalue weighted by Gasteiger charge is 2.50. The SMILES string of the molecule is CN1C(=O)C(c2cncc(CF)c2)(c2ccc(F)c(-c3cscn3)c2)N=C1N. The second-order valence-electron chi connectivity index (χ2n) is 6.33. The lowest BCUT2D eigenvalue weighted by atomic mass is 9.82. The molecule has 1 aliphatic rings. The molecule has 4 rings (SSSR count). The summed E-state index contributed by atoms with van der Waals surface area (Å²) in [7, 11) is 1.50. The van der Waals surface area contributed by atoms with E-state index >= 15 is 0 Å². The van der Waals surface area contributed by atoms with Crippen LogP contribution in [0.2, 0.25) is 0 Å². The molecule has 0 fully saturated rings. The average molecular weight is 399 g/mol. The van der Waals surface area contributed by atoms with E-state index < -0.39 is 23.9 Å². The van der Waals surface area contributed by atoms with Gasteiger partial charge in [0.15, 0.2) is 11.5 Å². The molecule has 0 saturated carbocycles. The molecule has 1 amide bonds. The number of hydrogen-bond acceptors (Lipinski definition) is 6. The van der Waals surface area contributed by atoms with Crippen LogP contribution in [0.15, 0.2) is 52.5 Å². The summed E-state index contributed by atoms with van der Waals surface area (Å²) in [6.45, 7) is -0.742. The monoisotopic (exact) mass is 399 g/mol. The van der Waals surface area contributed by atoms with Crippen LogP contribution < -0.4 is 5.73 Å². The van der Waals surface area contributed by atoms with E-state index in [9.17, 15) is 13.6 Å². The van der Waals surface area contributed by atoms with Gasteiger partial charge in [-0.05, 0) is 23.8 Å². The van der Waals surface area contributed by atoms with E-state index in [1.807, 2.05) is 0 Å². The number of likely N-dealkylation sites (N-methyl/N-ethyl adjacent to an activating group) is 1. The van der Waals surface area contributed by atoms with Crippen LogP contribution >= 0.6 is 11.3 Å². The summed E-state index contributed by atoms with van der Waals surface area (Å²) >= 11 is 1.33. The lowest BCUT2D eigenvalue weighted by molar-refractivity contribution is -0.129. The van der Waals surface area contributed by atoms with Gasteiger partial charge in [0.05, 0.1) is 11.2 Å². The number of carbonyl (C=O) groups is 1. The molecule has 2 N–H and O–H groups in total. The van der Waals surface area contributed by atoms with Crippen molar-refractivity contribution in [1.29, 1.82) is 0 Å². The number of amides is 1. The van der Waals surface area contributed by atoms with Gasteiger partial charge in [0.2, 0.25) is 0 Å². The average Bonchev–Trinajstić information content (AvgIpc) is 3.32. The van der Waals surface area contributed by atoms with E-state index in [-0.39, 0.29) is 11.5 Å². The number of hydrogen-bond donors (Lipinski definition) is 1. The summed E-state index contributed by atoms with van der Waals surface area (Å²) < 4.78 is 27.7. The van der Waals surface area contributed by atoms with E-state index in [4.69, 9.17) is 5.73 Å². The molecule has 9 heteroatoms. The van der Waals surface area contributed by atoms with E-state index in [1.165, 1.54) is 59.9 Å². The lowest BCUT2D eigenvalue weighted by Crippen LogP contribution is -2.41. The predicted molar refractivity (Wildman–Crippen MR) is 102 cm³/mol. The smallest absolute Gasteiger partial charge is 0.266 e. The minimum absolute atomic E-state index is 0.00943. The molecule has 0 aliphatic carbocycles. The van der Waals surface area contributed by atoms with Crippen molar-refractivity contribution in [2.24, 2.45) is 10.7 Å². The summed E-state index contributed by atoms with van der Waals surface area (Å²) in [6.07, 6.45) is 2.82. The quantitative estimate of drug-likeness (QED) is 0.731. The molecule has 1 aromatic carbocycles. The molecular formula is C19H15F2N5OS. The highest BCUT2D eigenvalue weighted by atomic mass is 32.1. The first kappa shape index (κ1) is 18.2. The molecule has 1 aliphatic heterocycles. The molecule has 3 aromatic rings. The Bertz CT molecular complexity index is 1090. The normalized spacial score (nSPS) is 19.2. The number of pyridine rings is 1. The van der Waals surface area contributed by atoms with E-state index in [1.54, 1.807) is 10.9 Å². The zero-order chi connectivity index (χ0) is 19.9. The van der Waals surface area contributed by atoms with Crippen LogP contribution in [0, 0.1) is 5.82 Å². The van der Waals surface area contributed by atoms with E-state index in [0.29, 0.717) is 22.4 Å². The fraction of sp³-hybridized carbons (Fsp3) is 0.158. The van der Waals surface area contributed by atoms with Gasteiger partial charge in [-0.3, -0.25) is 14.7 Å². The molecule has 1 atom stereocenters. The summed E-state index contributed by atoms with van der Waals surface area (Å²) in [6, 6.07) is 5.78. The third-order valence-corrected chi connectivity index (χ3v) is 5.29. The molecule has 0 spiro atoms. The maximum absolute atomic E-state index is 14.5. The zero-order valence-corrected chi connectivity index (χ0v) is 15.6. The van der Waals surface area contributed by atoms with Crippen molar-refractivity contribution in [2.75, 3.05) is 7.05 Å². The largest absolute Gasteiger partial charge is 0.369 e. The third kappa shape index (κ3) is 2.66. The Morgan fingerprint density at radius 2 is 2.07 bits per heavy atom. The molecule has 0 saturated heterocycles. The number of benzene rings is 1. The number of aromatic nitrogens is 2. The first-order valence-electron chi connectivity index (χ1n) is 8.30. The Hall–Kier alpha value is -3.20. The van der Waals surface area contributed by atoms with Gasteiger partial charge in [-0.15, -0.1) is 11.3 Å². The highest BCUT2D eigenvalue weighted by Crippen LogP contribution is 2.41. The maximum Gasteiger partial charge on any atom is 0.266 e. The Kier molecular flexibility index (Phi) is 4.38. The zero-order valence-electron chi connectivity index (χ0n) is 14.8. The number of aliphatic imine (C=N–C) groups is 1. The van der Waals surface area contributed by atoms with Crippen molar-refractivity contribution in [1.82, 2.24) is 14.9 Å². The predicted octanol–water partition coefficient (Wildman–Crippen LogP) is 2.84. The van der Waals surface area contributed by atoms with Crippen molar-refractivity contribution < 1.29 is 13.6 Å². The molecular weight excluding hydrogens is 384 g/mol. The van der Waals surface area contributed by atoms with Crippen LogP contribution in [-0.4, -0.2) is 33.8 Å². The fourth-order valence-electron chi connectivity index (χ4n) is 3.23. The van der Waals surface area contributed by atoms with Crippen LogP contribution in [0.25, 0.3) is 11.3 Å². The molecule has 6 nitrogen and oxygen atoms in total. The second-order valence-corrected chi connectivity index (χ2v) is 7.05. The van der Waals surface area contributed by atoms with E-state index in [0.717, 1.165) is 0 Å².